The molecule has 1 amide bonds. The van der Waals surface area contributed by atoms with E-state index in [-0.39, 0.29) is 5.41 Å². The van der Waals surface area contributed by atoms with Gasteiger partial charge in [-0.3, -0.25) is 4.90 Å². The van der Waals surface area contributed by atoms with Gasteiger partial charge < -0.3 is 19.5 Å². The predicted octanol–water partition coefficient (Wildman–Crippen LogP) is 2.97. The summed E-state index contributed by atoms with van der Waals surface area (Å²) in [6, 6.07) is 7.77. The molecule has 28 heavy (non-hydrogen) atoms. The molecule has 7 heteroatoms. The van der Waals surface area contributed by atoms with Crippen LogP contribution in [0, 0.1) is 5.41 Å². The monoisotopic (exact) mass is 389 g/mol. The topological polar surface area (TPSA) is 79.2 Å². The van der Waals surface area contributed by atoms with Gasteiger partial charge in [0, 0.05) is 37.0 Å². The van der Waals surface area contributed by atoms with Crippen LogP contribution in [0.3, 0.4) is 0 Å². The molecular weight excluding hydrogens is 357 g/mol. The molecule has 1 aromatic carbocycles. The molecule has 0 unspecified atom stereocenters. The van der Waals surface area contributed by atoms with Crippen molar-refractivity contribution in [2.75, 3.05) is 13.2 Å². The van der Waals surface area contributed by atoms with Gasteiger partial charge in [0.15, 0.2) is 0 Å². The maximum Gasteiger partial charge on any atom is 0.493 e. The van der Waals surface area contributed by atoms with Crippen molar-refractivity contribution in [2.45, 2.75) is 71.1 Å². The minimum absolute atomic E-state index is 0.00666. The van der Waals surface area contributed by atoms with Gasteiger partial charge in [-0.15, -0.1) is 0 Å². The van der Waals surface area contributed by atoms with Gasteiger partial charge in [-0.2, -0.15) is 0 Å². The van der Waals surface area contributed by atoms with Gasteiger partial charge in [-0.05, 0) is 38.7 Å². The summed E-state index contributed by atoms with van der Waals surface area (Å²) in [5.74, 6) is 0. The van der Waals surface area contributed by atoms with E-state index in [1.165, 1.54) is 4.90 Å². The summed E-state index contributed by atoms with van der Waals surface area (Å²) in [6.07, 6.45) is -0.241. The van der Waals surface area contributed by atoms with E-state index >= 15 is 0 Å². The number of hydrogen-bond donors (Lipinski definition) is 2. The van der Waals surface area contributed by atoms with Crippen molar-refractivity contribution in [1.29, 1.82) is 0 Å². The Morgan fingerprint density at radius 1 is 1.07 bits per heavy atom. The van der Waals surface area contributed by atoms with E-state index in [1.54, 1.807) is 6.92 Å². The third kappa shape index (κ3) is 3.93. The molecule has 2 aliphatic rings. The smallest absolute Gasteiger partial charge is 0.465 e. The third-order valence-corrected chi connectivity index (χ3v) is 5.61. The second-order valence-electron chi connectivity index (χ2n) is 10.4. The number of amides is 1. The summed E-state index contributed by atoms with van der Waals surface area (Å²) in [7, 11) is -0.402. The van der Waals surface area contributed by atoms with Crippen molar-refractivity contribution in [3.05, 3.63) is 29.8 Å². The second kappa shape index (κ2) is 6.75. The fraction of sp³-hybridized carbons (Fsp3) is 0.667. The van der Waals surface area contributed by atoms with Crippen LogP contribution in [0.4, 0.5) is 4.79 Å². The highest BCUT2D eigenvalue weighted by molar-refractivity contribution is 6.61. The van der Waals surface area contributed by atoms with Crippen molar-refractivity contribution in [1.82, 2.24) is 4.90 Å². The fourth-order valence-electron chi connectivity index (χ4n) is 4.65. The van der Waals surface area contributed by atoms with Gasteiger partial charge >= 0.3 is 13.2 Å². The lowest BCUT2D eigenvalue weighted by atomic mass is 9.60. The molecule has 1 aliphatic carbocycles. The zero-order chi connectivity index (χ0) is 21.0. The number of nitrogens with zero attached hydrogens (tertiary/aromatic N) is 1. The van der Waals surface area contributed by atoms with E-state index in [1.807, 2.05) is 45.0 Å². The minimum Gasteiger partial charge on any atom is -0.465 e. The van der Waals surface area contributed by atoms with E-state index in [9.17, 15) is 15.0 Å². The van der Waals surface area contributed by atoms with Crippen LogP contribution in [-0.2, 0) is 14.8 Å². The quantitative estimate of drug-likeness (QED) is 0.778. The molecule has 0 spiro atoms. The van der Waals surface area contributed by atoms with Crippen LogP contribution >= 0.6 is 0 Å². The number of hydrogen-bond acceptors (Lipinski definition) is 4. The molecule has 1 saturated heterocycles. The highest BCUT2D eigenvalue weighted by Gasteiger charge is 2.59. The highest BCUT2D eigenvalue weighted by Crippen LogP contribution is 2.54. The van der Waals surface area contributed by atoms with Gasteiger partial charge in [0.1, 0.15) is 0 Å². The standard InChI is InChI=1S/C21H32BNO5/c1-18(2,3)23(17(24)25)21(11-20(6,26)12-21)15-7-9-16(10-8-15)22-27-13-19(4,5)14-28-22/h7-10,26H,11-14H2,1-6H3,(H,24,25). The Morgan fingerprint density at radius 3 is 1.96 bits per heavy atom. The lowest BCUT2D eigenvalue weighted by Gasteiger charge is -2.60. The Labute approximate surface area is 168 Å². The molecule has 1 aliphatic heterocycles. The molecule has 1 aromatic rings. The van der Waals surface area contributed by atoms with E-state index in [4.69, 9.17) is 9.31 Å². The summed E-state index contributed by atoms with van der Waals surface area (Å²) in [4.78, 5) is 13.6. The summed E-state index contributed by atoms with van der Waals surface area (Å²) < 4.78 is 11.7. The van der Waals surface area contributed by atoms with Crippen LogP contribution in [0.1, 0.15) is 59.9 Å². The van der Waals surface area contributed by atoms with E-state index in [0.29, 0.717) is 26.1 Å². The lowest BCUT2D eigenvalue weighted by Crippen LogP contribution is -2.67. The zero-order valence-corrected chi connectivity index (χ0v) is 17.8. The van der Waals surface area contributed by atoms with Gasteiger partial charge in [0.25, 0.3) is 0 Å². The molecule has 2 N–H and O–H groups in total. The van der Waals surface area contributed by atoms with Crippen molar-refractivity contribution >= 4 is 18.7 Å². The second-order valence-corrected chi connectivity index (χ2v) is 10.4. The van der Waals surface area contributed by atoms with Crippen molar-refractivity contribution in [3.63, 3.8) is 0 Å². The molecule has 3 rings (SSSR count). The molecule has 154 valence electrons. The van der Waals surface area contributed by atoms with Crippen LogP contribution < -0.4 is 5.46 Å². The fourth-order valence-corrected chi connectivity index (χ4v) is 4.65. The SMILES string of the molecule is CC1(C)COB(c2ccc(C3(N(C(=O)O)C(C)(C)C)CC(C)(O)C3)cc2)OC1. The number of carboxylic acid groups (broad SMARTS) is 1. The molecule has 1 heterocycles. The molecule has 1 saturated carbocycles. The van der Waals surface area contributed by atoms with Crippen molar-refractivity contribution < 1.29 is 24.3 Å². The molecule has 0 atom stereocenters. The number of benzene rings is 1. The van der Waals surface area contributed by atoms with Crippen LogP contribution in [0.2, 0.25) is 0 Å². The predicted molar refractivity (Wildman–Crippen MR) is 109 cm³/mol. The zero-order valence-electron chi connectivity index (χ0n) is 17.8. The Hall–Kier alpha value is -1.57. The van der Waals surface area contributed by atoms with Crippen LogP contribution in [0.15, 0.2) is 24.3 Å². The van der Waals surface area contributed by atoms with Crippen molar-refractivity contribution in [2.24, 2.45) is 5.41 Å². The Balaban J connectivity index is 1.89. The number of aliphatic hydroxyl groups is 1. The van der Waals surface area contributed by atoms with Crippen LogP contribution in [-0.4, -0.2) is 52.7 Å². The summed E-state index contributed by atoms with van der Waals surface area (Å²) in [6.45, 7) is 12.9. The van der Waals surface area contributed by atoms with Gasteiger partial charge in [0.2, 0.25) is 0 Å². The number of carbonyl (C=O) groups is 1. The van der Waals surface area contributed by atoms with Crippen LogP contribution in [0.25, 0.3) is 0 Å². The summed E-state index contributed by atoms with van der Waals surface area (Å²) >= 11 is 0. The average molecular weight is 389 g/mol. The van der Waals surface area contributed by atoms with Gasteiger partial charge in [-0.1, -0.05) is 38.1 Å². The molecule has 6 nitrogen and oxygen atoms in total. The first kappa shape index (κ1) is 21.2. The third-order valence-electron chi connectivity index (χ3n) is 5.61. The summed E-state index contributed by atoms with van der Waals surface area (Å²) in [5, 5.41) is 20.4. The molecular formula is C21H32BNO5. The van der Waals surface area contributed by atoms with E-state index < -0.39 is 29.9 Å². The first-order chi connectivity index (χ1) is 12.8. The van der Waals surface area contributed by atoms with Gasteiger partial charge in [-0.25, -0.2) is 4.79 Å². The molecule has 0 aromatic heterocycles. The largest absolute Gasteiger partial charge is 0.493 e. The average Bonchev–Trinajstić information content (AvgIpc) is 2.51. The minimum atomic E-state index is -0.978. The summed E-state index contributed by atoms with van der Waals surface area (Å²) in [5.41, 5.74) is -0.412. The molecule has 0 radical (unpaired) electrons. The Bertz CT molecular complexity index is 720. The van der Waals surface area contributed by atoms with E-state index in [0.717, 1.165) is 11.0 Å². The maximum absolute atomic E-state index is 12.1. The lowest BCUT2D eigenvalue weighted by molar-refractivity contribution is -0.152. The van der Waals surface area contributed by atoms with Crippen LogP contribution in [0.5, 0.6) is 0 Å². The molecule has 2 fully saturated rings. The highest BCUT2D eigenvalue weighted by atomic mass is 16.6. The first-order valence-corrected chi connectivity index (χ1v) is 9.85. The maximum atomic E-state index is 12.1. The van der Waals surface area contributed by atoms with E-state index in [2.05, 4.69) is 13.8 Å². The Morgan fingerprint density at radius 2 is 1.57 bits per heavy atom. The normalized spacial score (nSPS) is 29.9. The first-order valence-electron chi connectivity index (χ1n) is 9.85. The number of rotatable bonds is 3. The Kier molecular flexibility index (Phi) is 5.10. The van der Waals surface area contributed by atoms with Gasteiger partial charge in [0.05, 0.1) is 11.1 Å². The molecule has 0 bridgehead atoms. The van der Waals surface area contributed by atoms with Crippen molar-refractivity contribution in [3.8, 4) is 0 Å².